The van der Waals surface area contributed by atoms with Crippen LogP contribution in [-0.2, 0) is 11.0 Å². The molecule has 4 heterocycles. The Morgan fingerprint density at radius 3 is 2.74 bits per heavy atom. The number of alkyl halides is 3. The first-order valence-corrected chi connectivity index (χ1v) is 11.9. The molecule has 0 aromatic carbocycles. The van der Waals surface area contributed by atoms with Crippen LogP contribution in [0.3, 0.4) is 0 Å². The SMILES string of the molecule is [2H]C([2H])([2H])c1nn(C2CCN(C)CC2)cc1Nc1ncc(C(F)(F)F)c(NCCCN2CCCCC2=O)n1. The van der Waals surface area contributed by atoms with Crippen LogP contribution in [-0.4, -0.2) is 75.2 Å². The number of nitrogens with one attached hydrogen (secondary N) is 2. The lowest BCUT2D eigenvalue weighted by molar-refractivity contribution is -0.137. The summed E-state index contributed by atoms with van der Waals surface area (Å²) < 4.78 is 66.2. The first kappa shape index (κ1) is 21.4. The van der Waals surface area contributed by atoms with Gasteiger partial charge in [0.15, 0.2) is 0 Å². The second-order valence-corrected chi connectivity index (χ2v) is 9.10. The number of nitrogens with zero attached hydrogens (tertiary/aromatic N) is 6. The molecule has 0 spiro atoms. The van der Waals surface area contributed by atoms with Crippen molar-refractivity contribution in [3.05, 3.63) is 23.7 Å². The number of hydrogen-bond donors (Lipinski definition) is 2. The van der Waals surface area contributed by atoms with Gasteiger partial charge in [-0.2, -0.15) is 23.3 Å². The summed E-state index contributed by atoms with van der Waals surface area (Å²) in [4.78, 5) is 23.7. The molecular formula is C23H33F3N8O. The summed E-state index contributed by atoms with van der Waals surface area (Å²) in [6, 6.07) is 0.0142. The van der Waals surface area contributed by atoms with E-state index in [-0.39, 0.29) is 35.8 Å². The minimum atomic E-state index is -4.69. The quantitative estimate of drug-likeness (QED) is 0.536. The van der Waals surface area contributed by atoms with E-state index in [9.17, 15) is 18.0 Å². The fraction of sp³-hybridized carbons (Fsp3) is 0.652. The molecule has 2 aliphatic rings. The summed E-state index contributed by atoms with van der Waals surface area (Å²) in [5, 5.41) is 9.81. The van der Waals surface area contributed by atoms with E-state index in [1.54, 1.807) is 15.8 Å². The van der Waals surface area contributed by atoms with Crippen molar-refractivity contribution in [3.63, 3.8) is 0 Å². The predicted molar refractivity (Wildman–Crippen MR) is 127 cm³/mol. The lowest BCUT2D eigenvalue weighted by Gasteiger charge is -2.28. The predicted octanol–water partition coefficient (Wildman–Crippen LogP) is 3.83. The summed E-state index contributed by atoms with van der Waals surface area (Å²) >= 11 is 0. The zero-order valence-corrected chi connectivity index (χ0v) is 19.7. The van der Waals surface area contributed by atoms with E-state index in [4.69, 9.17) is 4.11 Å². The number of likely N-dealkylation sites (tertiary alicyclic amines) is 2. The highest BCUT2D eigenvalue weighted by Crippen LogP contribution is 2.34. The van der Waals surface area contributed by atoms with E-state index in [2.05, 4.69) is 30.6 Å². The minimum absolute atomic E-state index is 0.0142. The first-order chi connectivity index (χ1) is 17.9. The van der Waals surface area contributed by atoms with Gasteiger partial charge in [-0.25, -0.2) is 4.98 Å². The Hall–Kier alpha value is -2.89. The molecule has 4 rings (SSSR count). The molecule has 35 heavy (non-hydrogen) atoms. The van der Waals surface area contributed by atoms with E-state index in [0.717, 1.165) is 38.8 Å². The van der Waals surface area contributed by atoms with E-state index in [1.807, 2.05) is 7.05 Å². The van der Waals surface area contributed by atoms with Crippen LogP contribution in [0.15, 0.2) is 12.4 Å². The minimum Gasteiger partial charge on any atom is -0.369 e. The number of carbonyl (C=O) groups is 1. The van der Waals surface area contributed by atoms with Gasteiger partial charge in [-0.3, -0.25) is 9.48 Å². The molecule has 192 valence electrons. The average Bonchev–Trinajstić information content (AvgIpc) is 3.27. The largest absolute Gasteiger partial charge is 0.421 e. The molecule has 2 aromatic heterocycles. The van der Waals surface area contributed by atoms with Gasteiger partial charge in [-0.1, -0.05) is 0 Å². The standard InChI is InChI=1S/C23H33F3N8O/c1-16-19(15-34(31-16)17-7-12-32(2)13-8-17)29-22-28-14-18(23(24,25)26)21(30-22)27-9-5-11-33-10-4-3-6-20(33)35/h14-15,17H,3-13H2,1-2H3,(H2,27,28,29,30)/i1D3. The van der Waals surface area contributed by atoms with Crippen molar-refractivity contribution in [2.24, 2.45) is 0 Å². The maximum absolute atomic E-state index is 13.6. The van der Waals surface area contributed by atoms with Crippen LogP contribution in [0.5, 0.6) is 0 Å². The highest BCUT2D eigenvalue weighted by atomic mass is 19.4. The second-order valence-electron chi connectivity index (χ2n) is 9.10. The summed E-state index contributed by atoms with van der Waals surface area (Å²) in [5.74, 6) is -0.537. The third-order valence-electron chi connectivity index (χ3n) is 6.45. The van der Waals surface area contributed by atoms with Crippen LogP contribution in [0.1, 0.15) is 59.9 Å². The zero-order valence-electron chi connectivity index (χ0n) is 22.7. The monoisotopic (exact) mass is 497 g/mol. The van der Waals surface area contributed by atoms with Crippen LogP contribution in [0, 0.1) is 6.85 Å². The summed E-state index contributed by atoms with van der Waals surface area (Å²) in [6.45, 7) is 0.418. The maximum atomic E-state index is 13.6. The number of halogens is 3. The number of aryl methyl sites for hydroxylation is 1. The molecule has 2 aliphatic heterocycles. The van der Waals surface area contributed by atoms with Crippen LogP contribution < -0.4 is 10.6 Å². The number of piperidine rings is 2. The molecule has 0 unspecified atom stereocenters. The number of rotatable bonds is 8. The highest BCUT2D eigenvalue weighted by Gasteiger charge is 2.35. The van der Waals surface area contributed by atoms with Crippen molar-refractivity contribution >= 4 is 23.4 Å². The molecule has 2 aromatic rings. The van der Waals surface area contributed by atoms with Crippen molar-refractivity contribution in [3.8, 4) is 0 Å². The second kappa shape index (κ2) is 10.8. The molecule has 0 aliphatic carbocycles. The molecule has 2 saturated heterocycles. The van der Waals surface area contributed by atoms with Gasteiger partial charge in [-0.15, -0.1) is 0 Å². The Kier molecular flexibility index (Phi) is 6.60. The summed E-state index contributed by atoms with van der Waals surface area (Å²) in [5.41, 5.74) is -1.10. The van der Waals surface area contributed by atoms with E-state index in [1.165, 1.54) is 0 Å². The summed E-state index contributed by atoms with van der Waals surface area (Å²) in [6.07, 6.45) is 1.86. The normalized spacial score (nSPS) is 19.8. The van der Waals surface area contributed by atoms with Gasteiger partial charge >= 0.3 is 6.18 Å². The van der Waals surface area contributed by atoms with Gasteiger partial charge < -0.3 is 20.4 Å². The molecule has 1 amide bonds. The molecule has 2 fully saturated rings. The molecule has 0 saturated carbocycles. The molecule has 2 N–H and O–H groups in total. The Bertz CT molecular complexity index is 1120. The van der Waals surface area contributed by atoms with Crippen LogP contribution in [0.25, 0.3) is 0 Å². The van der Waals surface area contributed by atoms with Gasteiger partial charge in [0, 0.05) is 42.6 Å². The average molecular weight is 498 g/mol. The Balaban J connectivity index is 1.50. The van der Waals surface area contributed by atoms with E-state index < -0.39 is 24.4 Å². The molecule has 9 nitrogen and oxygen atoms in total. The van der Waals surface area contributed by atoms with E-state index >= 15 is 0 Å². The number of hydrogen-bond acceptors (Lipinski definition) is 7. The number of aromatic nitrogens is 4. The third kappa shape index (κ3) is 6.41. The van der Waals surface area contributed by atoms with Gasteiger partial charge in [0.2, 0.25) is 11.9 Å². The number of amides is 1. The fourth-order valence-electron chi connectivity index (χ4n) is 4.41. The Morgan fingerprint density at radius 1 is 1.23 bits per heavy atom. The highest BCUT2D eigenvalue weighted by molar-refractivity contribution is 5.76. The van der Waals surface area contributed by atoms with Crippen LogP contribution >= 0.6 is 0 Å². The van der Waals surface area contributed by atoms with Gasteiger partial charge in [0.25, 0.3) is 0 Å². The van der Waals surface area contributed by atoms with Gasteiger partial charge in [0.05, 0.1) is 17.4 Å². The molecule has 12 heteroatoms. The van der Waals surface area contributed by atoms with Crippen LogP contribution in [0.2, 0.25) is 0 Å². The molecule has 0 atom stereocenters. The van der Waals surface area contributed by atoms with E-state index in [0.29, 0.717) is 32.1 Å². The molecule has 0 bridgehead atoms. The Morgan fingerprint density at radius 2 is 2.03 bits per heavy atom. The van der Waals surface area contributed by atoms with Gasteiger partial charge in [-0.05, 0) is 59.1 Å². The van der Waals surface area contributed by atoms with Crippen molar-refractivity contribution in [2.45, 2.75) is 57.6 Å². The smallest absolute Gasteiger partial charge is 0.369 e. The zero-order chi connectivity index (χ0) is 27.5. The van der Waals surface area contributed by atoms with Crippen molar-refractivity contribution < 1.29 is 22.1 Å². The lowest BCUT2D eigenvalue weighted by atomic mass is 10.1. The Labute approximate surface area is 207 Å². The third-order valence-corrected chi connectivity index (χ3v) is 6.45. The lowest BCUT2D eigenvalue weighted by Crippen LogP contribution is -2.36. The fourth-order valence-corrected chi connectivity index (χ4v) is 4.41. The van der Waals surface area contributed by atoms with Crippen molar-refractivity contribution in [1.29, 1.82) is 0 Å². The topological polar surface area (TPSA) is 91.2 Å². The first-order valence-electron chi connectivity index (χ1n) is 13.4. The van der Waals surface area contributed by atoms with Gasteiger partial charge in [0.1, 0.15) is 11.4 Å². The number of anilines is 3. The maximum Gasteiger partial charge on any atom is 0.421 e. The molecular weight excluding hydrogens is 461 g/mol. The van der Waals surface area contributed by atoms with Crippen molar-refractivity contribution in [2.75, 3.05) is 50.4 Å². The van der Waals surface area contributed by atoms with Crippen LogP contribution in [0.4, 0.5) is 30.6 Å². The molecule has 0 radical (unpaired) electrons. The number of carbonyl (C=O) groups excluding carboxylic acids is 1. The van der Waals surface area contributed by atoms with Crippen molar-refractivity contribution in [1.82, 2.24) is 29.5 Å². The summed E-state index contributed by atoms with van der Waals surface area (Å²) in [7, 11) is 2.01.